The average Bonchev–Trinajstić information content (AvgIpc) is 2.52. The molecule has 2 N–H and O–H groups in total. The fraction of sp³-hybridized carbons (Fsp3) is 0.667. The van der Waals surface area contributed by atoms with E-state index in [2.05, 4.69) is 10.6 Å². The molecule has 1 aliphatic heterocycles. The first-order chi connectivity index (χ1) is 7.63. The summed E-state index contributed by atoms with van der Waals surface area (Å²) in [5.41, 5.74) is 0. The lowest BCUT2D eigenvalue weighted by Gasteiger charge is -2.12. The number of hydrogen-bond acceptors (Lipinski definition) is 4. The van der Waals surface area contributed by atoms with E-state index < -0.39 is 6.03 Å². The van der Waals surface area contributed by atoms with Crippen LogP contribution in [0.1, 0.15) is 6.42 Å². The van der Waals surface area contributed by atoms with Gasteiger partial charge in [-0.2, -0.15) is 0 Å². The third kappa shape index (κ3) is 3.85. The molecule has 0 radical (unpaired) electrons. The van der Waals surface area contributed by atoms with E-state index in [4.69, 9.17) is 4.74 Å². The Morgan fingerprint density at radius 2 is 2.31 bits per heavy atom. The van der Waals surface area contributed by atoms with Crippen molar-refractivity contribution in [3.8, 4) is 0 Å². The lowest BCUT2D eigenvalue weighted by atomic mass is 10.4. The van der Waals surface area contributed by atoms with Crippen molar-refractivity contribution < 1.29 is 19.1 Å². The molecule has 0 bridgehead atoms. The molecular formula is C9H15N3O4. The van der Waals surface area contributed by atoms with Crippen LogP contribution < -0.4 is 10.6 Å². The van der Waals surface area contributed by atoms with Gasteiger partial charge in [0.15, 0.2) is 0 Å². The van der Waals surface area contributed by atoms with Gasteiger partial charge >= 0.3 is 6.03 Å². The van der Waals surface area contributed by atoms with Gasteiger partial charge < -0.3 is 15.0 Å². The number of carbonyl (C=O) groups is 3. The Hall–Kier alpha value is -1.63. The molecule has 0 aromatic carbocycles. The Labute approximate surface area is 93.1 Å². The van der Waals surface area contributed by atoms with Gasteiger partial charge in [0.05, 0.1) is 0 Å². The molecule has 0 atom stereocenters. The molecular weight excluding hydrogens is 214 g/mol. The van der Waals surface area contributed by atoms with Crippen molar-refractivity contribution in [3.05, 3.63) is 0 Å². The van der Waals surface area contributed by atoms with Gasteiger partial charge in [-0.1, -0.05) is 0 Å². The standard InChI is InChI=1S/C9H15N3O4/c1-16-4-2-3-10-7(13)5-12-6-8(14)11-9(12)15/h2-6H2,1H3,(H,10,13)(H,11,14,15). The smallest absolute Gasteiger partial charge is 0.325 e. The summed E-state index contributed by atoms with van der Waals surface area (Å²) in [7, 11) is 1.59. The largest absolute Gasteiger partial charge is 0.385 e. The zero-order valence-corrected chi connectivity index (χ0v) is 9.12. The molecule has 1 fully saturated rings. The van der Waals surface area contributed by atoms with E-state index in [-0.39, 0.29) is 24.9 Å². The van der Waals surface area contributed by atoms with Crippen molar-refractivity contribution in [3.63, 3.8) is 0 Å². The van der Waals surface area contributed by atoms with Crippen LogP contribution >= 0.6 is 0 Å². The minimum atomic E-state index is -0.517. The van der Waals surface area contributed by atoms with E-state index >= 15 is 0 Å². The topological polar surface area (TPSA) is 87.7 Å². The second-order valence-electron chi connectivity index (χ2n) is 3.41. The zero-order chi connectivity index (χ0) is 12.0. The Morgan fingerprint density at radius 1 is 1.56 bits per heavy atom. The number of amides is 4. The normalized spacial score (nSPS) is 15.2. The molecule has 1 saturated heterocycles. The molecule has 0 aromatic heterocycles. The molecule has 4 amide bonds. The van der Waals surface area contributed by atoms with Crippen LogP contribution in [0.25, 0.3) is 0 Å². The molecule has 0 spiro atoms. The summed E-state index contributed by atoms with van der Waals surface area (Å²) < 4.78 is 4.82. The van der Waals surface area contributed by atoms with E-state index in [1.54, 1.807) is 7.11 Å². The Kier molecular flexibility index (Phi) is 4.71. The van der Waals surface area contributed by atoms with Gasteiger partial charge in [0.1, 0.15) is 13.1 Å². The summed E-state index contributed by atoms with van der Waals surface area (Å²) in [6.45, 7) is 0.925. The predicted molar refractivity (Wildman–Crippen MR) is 54.6 cm³/mol. The molecule has 0 saturated carbocycles. The Morgan fingerprint density at radius 3 is 2.88 bits per heavy atom. The molecule has 0 aliphatic carbocycles. The number of nitrogens with one attached hydrogen (secondary N) is 2. The van der Waals surface area contributed by atoms with E-state index in [0.29, 0.717) is 19.6 Å². The van der Waals surface area contributed by atoms with Crippen LogP contribution in [-0.2, 0) is 14.3 Å². The summed E-state index contributed by atoms with van der Waals surface area (Å²) >= 11 is 0. The molecule has 1 aliphatic rings. The van der Waals surface area contributed by atoms with Crippen molar-refractivity contribution in [1.82, 2.24) is 15.5 Å². The van der Waals surface area contributed by atoms with Gasteiger partial charge in [-0.3, -0.25) is 14.9 Å². The van der Waals surface area contributed by atoms with Gasteiger partial charge in [0.2, 0.25) is 11.8 Å². The highest BCUT2D eigenvalue weighted by Crippen LogP contribution is 1.96. The molecule has 7 heteroatoms. The Bertz CT molecular complexity index is 292. The quantitative estimate of drug-likeness (QED) is 0.437. The van der Waals surface area contributed by atoms with Crippen LogP contribution in [0.4, 0.5) is 4.79 Å². The van der Waals surface area contributed by atoms with Crippen LogP contribution in [0, 0.1) is 0 Å². The van der Waals surface area contributed by atoms with Gasteiger partial charge in [0.25, 0.3) is 0 Å². The number of methoxy groups -OCH3 is 1. The molecule has 1 rings (SSSR count). The van der Waals surface area contributed by atoms with Gasteiger partial charge in [-0.05, 0) is 6.42 Å². The third-order valence-electron chi connectivity index (χ3n) is 2.05. The second-order valence-corrected chi connectivity index (χ2v) is 3.41. The summed E-state index contributed by atoms with van der Waals surface area (Å²) in [4.78, 5) is 34.4. The Balaban J connectivity index is 2.19. The van der Waals surface area contributed by atoms with Crippen LogP contribution in [0.3, 0.4) is 0 Å². The number of hydrogen-bond donors (Lipinski definition) is 2. The van der Waals surface area contributed by atoms with Crippen molar-refractivity contribution in [2.45, 2.75) is 6.42 Å². The predicted octanol–water partition coefficient (Wildman–Crippen LogP) is -1.31. The zero-order valence-electron chi connectivity index (χ0n) is 9.12. The highest BCUT2D eigenvalue weighted by atomic mass is 16.5. The minimum absolute atomic E-state index is 0.0513. The van der Waals surface area contributed by atoms with E-state index in [1.807, 2.05) is 0 Å². The summed E-state index contributed by atoms with van der Waals surface area (Å²) in [5, 5.41) is 4.72. The maximum Gasteiger partial charge on any atom is 0.325 e. The van der Waals surface area contributed by atoms with E-state index in [9.17, 15) is 14.4 Å². The lowest BCUT2D eigenvalue weighted by Crippen LogP contribution is -2.39. The first-order valence-corrected chi connectivity index (χ1v) is 4.98. The van der Waals surface area contributed by atoms with Gasteiger partial charge in [-0.15, -0.1) is 0 Å². The highest BCUT2D eigenvalue weighted by molar-refractivity contribution is 6.03. The van der Waals surface area contributed by atoms with Crippen molar-refractivity contribution in [2.75, 3.05) is 33.4 Å². The molecule has 0 unspecified atom stereocenters. The van der Waals surface area contributed by atoms with E-state index in [1.165, 1.54) is 0 Å². The number of nitrogens with zero attached hydrogens (tertiary/aromatic N) is 1. The minimum Gasteiger partial charge on any atom is -0.385 e. The third-order valence-corrected chi connectivity index (χ3v) is 2.05. The molecule has 7 nitrogen and oxygen atoms in total. The first-order valence-electron chi connectivity index (χ1n) is 4.98. The molecule has 16 heavy (non-hydrogen) atoms. The van der Waals surface area contributed by atoms with Crippen molar-refractivity contribution in [2.24, 2.45) is 0 Å². The average molecular weight is 229 g/mol. The number of rotatable bonds is 6. The van der Waals surface area contributed by atoms with Crippen LogP contribution in [0.5, 0.6) is 0 Å². The fourth-order valence-corrected chi connectivity index (χ4v) is 1.28. The number of ether oxygens (including phenoxy) is 1. The maximum absolute atomic E-state index is 11.3. The molecule has 90 valence electrons. The number of imide groups is 1. The number of carbonyl (C=O) groups excluding carboxylic acids is 3. The highest BCUT2D eigenvalue weighted by Gasteiger charge is 2.27. The van der Waals surface area contributed by atoms with Crippen LogP contribution in [0.2, 0.25) is 0 Å². The molecule has 0 aromatic rings. The van der Waals surface area contributed by atoms with Crippen LogP contribution in [0.15, 0.2) is 0 Å². The SMILES string of the molecule is COCCCNC(=O)CN1CC(=O)NC1=O. The first kappa shape index (κ1) is 12.4. The lowest BCUT2D eigenvalue weighted by molar-refractivity contribution is -0.122. The maximum atomic E-state index is 11.3. The van der Waals surface area contributed by atoms with Crippen LogP contribution in [-0.4, -0.2) is 56.1 Å². The summed E-state index contributed by atoms with van der Waals surface area (Å²) in [5.74, 6) is -0.655. The second kappa shape index (κ2) is 6.06. The van der Waals surface area contributed by atoms with Gasteiger partial charge in [0, 0.05) is 20.3 Å². The summed E-state index contributed by atoms with van der Waals surface area (Å²) in [6.07, 6.45) is 0.716. The summed E-state index contributed by atoms with van der Waals surface area (Å²) in [6, 6.07) is -0.517. The molecule has 1 heterocycles. The number of urea groups is 1. The monoisotopic (exact) mass is 229 g/mol. The fourth-order valence-electron chi connectivity index (χ4n) is 1.28. The van der Waals surface area contributed by atoms with Crippen molar-refractivity contribution in [1.29, 1.82) is 0 Å². The van der Waals surface area contributed by atoms with Crippen molar-refractivity contribution >= 4 is 17.8 Å². The van der Waals surface area contributed by atoms with E-state index in [0.717, 1.165) is 4.90 Å². The van der Waals surface area contributed by atoms with Gasteiger partial charge in [-0.25, -0.2) is 4.79 Å².